The predicted octanol–water partition coefficient (Wildman–Crippen LogP) is 2.98. The van der Waals surface area contributed by atoms with E-state index in [1.54, 1.807) is 23.6 Å². The summed E-state index contributed by atoms with van der Waals surface area (Å²) in [5.41, 5.74) is 3.98. The number of nitro groups is 1. The zero-order valence-electron chi connectivity index (χ0n) is 17.6. The van der Waals surface area contributed by atoms with Gasteiger partial charge in [0.05, 0.1) is 17.2 Å². The number of halogens is 1. The topological polar surface area (TPSA) is 140 Å². The maximum atomic E-state index is 12.6. The molecule has 0 aliphatic rings. The first-order chi connectivity index (χ1) is 15.7. The number of nitro benzene ring substituents is 1. The molecule has 2 N–H and O–H groups in total. The first-order valence-corrected chi connectivity index (χ1v) is 10.5. The lowest BCUT2D eigenvalue weighted by Crippen LogP contribution is -2.29. The second kappa shape index (κ2) is 8.82. The molecule has 0 unspecified atom stereocenters. The van der Waals surface area contributed by atoms with Crippen molar-refractivity contribution >= 4 is 44.4 Å². The fraction of sp³-hybridized carbons (Fsp3) is 0.143. The van der Waals surface area contributed by atoms with Crippen LogP contribution >= 0.6 is 15.9 Å². The van der Waals surface area contributed by atoms with Gasteiger partial charge in [0, 0.05) is 29.2 Å². The SMILES string of the molecule is C/C(=N\Nc1nc2c(c(=O)[nH]c(=O)n2C)n1Cc1cccc(Br)c1)c1cccc([N+](=O)[O-])c1. The van der Waals surface area contributed by atoms with E-state index in [9.17, 15) is 19.7 Å². The van der Waals surface area contributed by atoms with E-state index in [1.807, 2.05) is 24.3 Å². The van der Waals surface area contributed by atoms with Crippen LogP contribution in [0.3, 0.4) is 0 Å². The molecule has 0 aliphatic heterocycles. The van der Waals surface area contributed by atoms with Crippen LogP contribution in [-0.4, -0.2) is 29.7 Å². The predicted molar refractivity (Wildman–Crippen MR) is 128 cm³/mol. The number of nitrogens with zero attached hydrogens (tertiary/aromatic N) is 5. The first kappa shape index (κ1) is 22.1. The quantitative estimate of drug-likeness (QED) is 0.231. The summed E-state index contributed by atoms with van der Waals surface area (Å²) in [5, 5.41) is 15.4. The second-order valence-electron chi connectivity index (χ2n) is 7.26. The Labute approximate surface area is 194 Å². The normalized spacial score (nSPS) is 11.7. The number of benzene rings is 2. The van der Waals surface area contributed by atoms with Gasteiger partial charge < -0.3 is 0 Å². The number of aromatic nitrogens is 4. The zero-order chi connectivity index (χ0) is 23.7. The van der Waals surface area contributed by atoms with E-state index in [-0.39, 0.29) is 29.3 Å². The third-order valence-corrected chi connectivity index (χ3v) is 5.53. The van der Waals surface area contributed by atoms with E-state index in [0.29, 0.717) is 11.3 Å². The van der Waals surface area contributed by atoms with Gasteiger partial charge in [0.2, 0.25) is 5.95 Å². The van der Waals surface area contributed by atoms with Crippen LogP contribution in [-0.2, 0) is 13.6 Å². The summed E-state index contributed by atoms with van der Waals surface area (Å²) in [5.74, 6) is 0.237. The van der Waals surface area contributed by atoms with E-state index in [0.717, 1.165) is 10.0 Å². The van der Waals surface area contributed by atoms with Crippen molar-refractivity contribution in [2.24, 2.45) is 12.1 Å². The number of aryl methyl sites for hydroxylation is 1. The molecular weight excluding hydrogens is 494 g/mol. The number of anilines is 1. The van der Waals surface area contributed by atoms with Crippen molar-refractivity contribution in [1.29, 1.82) is 0 Å². The Morgan fingerprint density at radius 1 is 1.24 bits per heavy atom. The summed E-state index contributed by atoms with van der Waals surface area (Å²) >= 11 is 3.44. The molecule has 168 valence electrons. The van der Waals surface area contributed by atoms with Crippen LogP contribution in [0.4, 0.5) is 11.6 Å². The highest BCUT2D eigenvalue weighted by atomic mass is 79.9. The van der Waals surface area contributed by atoms with E-state index in [2.05, 4.69) is 36.4 Å². The van der Waals surface area contributed by atoms with Crippen molar-refractivity contribution < 1.29 is 4.92 Å². The molecule has 0 atom stereocenters. The van der Waals surface area contributed by atoms with E-state index in [1.165, 1.54) is 23.7 Å². The molecule has 12 heteroatoms. The van der Waals surface area contributed by atoms with Crippen LogP contribution in [0.15, 0.2) is 67.7 Å². The molecule has 0 bridgehead atoms. The zero-order valence-corrected chi connectivity index (χ0v) is 19.2. The monoisotopic (exact) mass is 511 g/mol. The number of aromatic amines is 1. The summed E-state index contributed by atoms with van der Waals surface area (Å²) in [4.78, 5) is 42.0. The molecule has 4 rings (SSSR count). The Balaban J connectivity index is 1.80. The molecule has 0 saturated heterocycles. The lowest BCUT2D eigenvalue weighted by molar-refractivity contribution is -0.384. The number of non-ortho nitro benzene ring substituents is 1. The Bertz CT molecular complexity index is 1530. The highest BCUT2D eigenvalue weighted by molar-refractivity contribution is 9.10. The summed E-state index contributed by atoms with van der Waals surface area (Å²) in [6, 6.07) is 13.6. The van der Waals surface area contributed by atoms with Crippen LogP contribution in [0.2, 0.25) is 0 Å². The number of hydrogen-bond donors (Lipinski definition) is 2. The minimum absolute atomic E-state index is 0.0505. The largest absolute Gasteiger partial charge is 0.329 e. The van der Waals surface area contributed by atoms with Crippen molar-refractivity contribution in [2.75, 3.05) is 5.43 Å². The molecule has 33 heavy (non-hydrogen) atoms. The summed E-state index contributed by atoms with van der Waals surface area (Å²) in [7, 11) is 1.51. The number of H-pyrrole nitrogens is 1. The van der Waals surface area contributed by atoms with Gasteiger partial charge in [-0.2, -0.15) is 10.1 Å². The Morgan fingerprint density at radius 2 is 2.00 bits per heavy atom. The molecule has 4 aromatic rings. The van der Waals surface area contributed by atoms with Gasteiger partial charge in [0.15, 0.2) is 11.2 Å². The average molecular weight is 512 g/mol. The van der Waals surface area contributed by atoms with Gasteiger partial charge in [-0.15, -0.1) is 0 Å². The fourth-order valence-corrected chi connectivity index (χ4v) is 3.78. The van der Waals surface area contributed by atoms with Crippen LogP contribution in [0.5, 0.6) is 0 Å². The summed E-state index contributed by atoms with van der Waals surface area (Å²) in [6.45, 7) is 1.97. The minimum Gasteiger partial charge on any atom is -0.298 e. The van der Waals surface area contributed by atoms with Gasteiger partial charge in [0.25, 0.3) is 11.2 Å². The molecule has 2 heterocycles. The standard InChI is InChI=1S/C21H18BrN7O4/c1-12(14-6-4-8-16(10-14)29(32)33)25-26-20-23-18-17(19(30)24-21(31)27(18)2)28(20)11-13-5-3-7-15(22)9-13/h3-10H,11H2,1-2H3,(H,23,26)(H,24,30,31)/b25-12+. The molecule has 0 saturated carbocycles. The summed E-state index contributed by atoms with van der Waals surface area (Å²) in [6.07, 6.45) is 0. The molecule has 0 amide bonds. The lowest BCUT2D eigenvalue weighted by Gasteiger charge is -2.09. The minimum atomic E-state index is -0.581. The molecular formula is C21H18BrN7O4. The molecule has 11 nitrogen and oxygen atoms in total. The number of nitrogens with one attached hydrogen (secondary N) is 2. The molecule has 2 aromatic heterocycles. The van der Waals surface area contributed by atoms with Crippen molar-refractivity contribution in [3.63, 3.8) is 0 Å². The number of fused-ring (bicyclic) bond motifs is 1. The van der Waals surface area contributed by atoms with Gasteiger partial charge in [0.1, 0.15) is 0 Å². The van der Waals surface area contributed by atoms with Crippen LogP contribution in [0, 0.1) is 10.1 Å². The molecule has 0 fully saturated rings. The van der Waals surface area contributed by atoms with Gasteiger partial charge in [-0.25, -0.2) is 10.2 Å². The maximum absolute atomic E-state index is 12.6. The Hall–Kier alpha value is -4.06. The number of hydrogen-bond acceptors (Lipinski definition) is 7. The molecule has 0 radical (unpaired) electrons. The van der Waals surface area contributed by atoms with Gasteiger partial charge in [-0.3, -0.25) is 29.0 Å². The van der Waals surface area contributed by atoms with Crippen molar-refractivity contribution in [3.05, 3.63) is 95.1 Å². The van der Waals surface area contributed by atoms with E-state index < -0.39 is 16.2 Å². The molecule has 0 spiro atoms. The summed E-state index contributed by atoms with van der Waals surface area (Å²) < 4.78 is 3.75. The van der Waals surface area contributed by atoms with E-state index in [4.69, 9.17) is 0 Å². The highest BCUT2D eigenvalue weighted by Gasteiger charge is 2.18. The number of hydrazone groups is 1. The van der Waals surface area contributed by atoms with Gasteiger partial charge in [-0.1, -0.05) is 40.2 Å². The van der Waals surface area contributed by atoms with Crippen molar-refractivity contribution in [3.8, 4) is 0 Å². The number of rotatable bonds is 6. The Morgan fingerprint density at radius 3 is 2.73 bits per heavy atom. The third kappa shape index (κ3) is 4.46. The average Bonchev–Trinajstić information content (AvgIpc) is 3.14. The Kier molecular flexibility index (Phi) is 5.92. The molecule has 2 aromatic carbocycles. The van der Waals surface area contributed by atoms with Gasteiger partial charge in [-0.05, 0) is 24.6 Å². The van der Waals surface area contributed by atoms with Crippen molar-refractivity contribution in [1.82, 2.24) is 19.1 Å². The smallest absolute Gasteiger partial charge is 0.298 e. The lowest BCUT2D eigenvalue weighted by atomic mass is 10.1. The second-order valence-corrected chi connectivity index (χ2v) is 8.17. The third-order valence-electron chi connectivity index (χ3n) is 5.04. The van der Waals surface area contributed by atoms with Crippen LogP contribution in [0.1, 0.15) is 18.1 Å². The van der Waals surface area contributed by atoms with Crippen LogP contribution < -0.4 is 16.7 Å². The van der Waals surface area contributed by atoms with Gasteiger partial charge >= 0.3 is 5.69 Å². The van der Waals surface area contributed by atoms with Crippen LogP contribution in [0.25, 0.3) is 11.2 Å². The first-order valence-electron chi connectivity index (χ1n) is 9.73. The maximum Gasteiger partial charge on any atom is 0.329 e. The van der Waals surface area contributed by atoms with E-state index >= 15 is 0 Å². The molecule has 0 aliphatic carbocycles. The highest BCUT2D eigenvalue weighted by Crippen LogP contribution is 2.20. The fourth-order valence-electron chi connectivity index (χ4n) is 3.33. The van der Waals surface area contributed by atoms with Crippen molar-refractivity contribution in [2.45, 2.75) is 13.5 Å². The number of imidazole rings is 1.